The van der Waals surface area contributed by atoms with E-state index < -0.39 is 5.91 Å². The van der Waals surface area contributed by atoms with Gasteiger partial charge in [0.1, 0.15) is 11.5 Å². The minimum absolute atomic E-state index is 0.0912. The second-order valence-corrected chi connectivity index (χ2v) is 5.25. The number of nitrogens with zero attached hydrogens (tertiary/aromatic N) is 3. The average molecular weight is 337 g/mol. The quantitative estimate of drug-likeness (QED) is 0.723. The fraction of sp³-hybridized carbons (Fsp3) is 0.111. The van der Waals surface area contributed by atoms with Crippen molar-refractivity contribution >= 4 is 11.9 Å². The number of nitrogens with one attached hydrogen (secondary N) is 2. The van der Waals surface area contributed by atoms with Crippen LogP contribution in [0.4, 0.5) is 10.3 Å². The molecule has 0 bridgehead atoms. The van der Waals surface area contributed by atoms with Crippen LogP contribution in [0.25, 0.3) is 0 Å². The summed E-state index contributed by atoms with van der Waals surface area (Å²) < 4.78 is 13.6. The summed E-state index contributed by atoms with van der Waals surface area (Å²) in [6, 6.07) is 11.6. The number of pyridine rings is 1. The minimum atomic E-state index is -0.393. The summed E-state index contributed by atoms with van der Waals surface area (Å²) in [6.45, 7) is 0.585. The van der Waals surface area contributed by atoms with Gasteiger partial charge in [0.25, 0.3) is 5.91 Å². The molecule has 0 atom stereocenters. The molecule has 3 aromatic rings. The number of hydrogen-bond acceptors (Lipinski definition) is 5. The van der Waals surface area contributed by atoms with Crippen LogP contribution in [0.5, 0.6) is 0 Å². The van der Waals surface area contributed by atoms with Gasteiger partial charge < -0.3 is 10.6 Å². The Kier molecular flexibility index (Phi) is 5.26. The van der Waals surface area contributed by atoms with Crippen LogP contribution in [0, 0.1) is 5.82 Å². The van der Waals surface area contributed by atoms with E-state index in [4.69, 9.17) is 0 Å². The number of hydrogen-bond donors (Lipinski definition) is 2. The number of rotatable bonds is 6. The number of carbonyl (C=O) groups is 1. The lowest BCUT2D eigenvalue weighted by atomic mass is 10.2. The van der Waals surface area contributed by atoms with Crippen LogP contribution in [0.3, 0.4) is 0 Å². The molecule has 2 aromatic heterocycles. The normalized spacial score (nSPS) is 10.3. The van der Waals surface area contributed by atoms with E-state index >= 15 is 0 Å². The Hall–Kier alpha value is -3.35. The fourth-order valence-corrected chi connectivity index (χ4v) is 2.16. The van der Waals surface area contributed by atoms with Gasteiger partial charge in [-0.1, -0.05) is 24.3 Å². The van der Waals surface area contributed by atoms with Gasteiger partial charge in [0.05, 0.1) is 0 Å². The molecular weight excluding hydrogens is 321 g/mol. The summed E-state index contributed by atoms with van der Waals surface area (Å²) in [5, 5.41) is 5.69. The number of carbonyl (C=O) groups excluding carboxylic acids is 1. The van der Waals surface area contributed by atoms with Crippen molar-refractivity contribution < 1.29 is 9.18 Å². The van der Waals surface area contributed by atoms with E-state index in [9.17, 15) is 9.18 Å². The van der Waals surface area contributed by atoms with Gasteiger partial charge in [-0.2, -0.15) is 0 Å². The van der Waals surface area contributed by atoms with Crippen LogP contribution in [-0.4, -0.2) is 20.9 Å². The van der Waals surface area contributed by atoms with Crippen molar-refractivity contribution in [1.29, 1.82) is 0 Å². The van der Waals surface area contributed by atoms with Crippen LogP contribution in [0.2, 0.25) is 0 Å². The number of aromatic nitrogens is 3. The summed E-state index contributed by atoms with van der Waals surface area (Å²) >= 11 is 0. The van der Waals surface area contributed by atoms with Crippen molar-refractivity contribution in [2.45, 2.75) is 13.1 Å². The number of halogens is 1. The molecule has 0 aliphatic heterocycles. The van der Waals surface area contributed by atoms with E-state index in [1.165, 1.54) is 18.3 Å². The van der Waals surface area contributed by atoms with E-state index in [0.29, 0.717) is 18.1 Å². The Balaban J connectivity index is 1.60. The van der Waals surface area contributed by atoms with Crippen LogP contribution >= 0.6 is 0 Å². The second-order valence-electron chi connectivity index (χ2n) is 5.25. The van der Waals surface area contributed by atoms with Crippen molar-refractivity contribution in [1.82, 2.24) is 20.3 Å². The van der Waals surface area contributed by atoms with Crippen LogP contribution < -0.4 is 10.6 Å². The van der Waals surface area contributed by atoms with Gasteiger partial charge in [0.2, 0.25) is 5.95 Å². The lowest BCUT2D eigenvalue weighted by molar-refractivity contribution is 0.0945. The zero-order chi connectivity index (χ0) is 17.5. The molecule has 0 saturated carbocycles. The largest absolute Gasteiger partial charge is 0.350 e. The summed E-state index contributed by atoms with van der Waals surface area (Å²) in [6.07, 6.45) is 4.93. The molecule has 2 N–H and O–H groups in total. The van der Waals surface area contributed by atoms with Crippen molar-refractivity contribution in [2.24, 2.45) is 0 Å². The Morgan fingerprint density at radius 3 is 2.72 bits per heavy atom. The first-order valence-corrected chi connectivity index (χ1v) is 7.70. The number of amides is 1. The predicted octanol–water partition coefficient (Wildman–Crippen LogP) is 2.55. The first-order chi connectivity index (χ1) is 12.2. The third-order valence-corrected chi connectivity index (χ3v) is 3.46. The molecule has 0 saturated heterocycles. The summed E-state index contributed by atoms with van der Waals surface area (Å²) in [5.41, 5.74) is 1.60. The lowest BCUT2D eigenvalue weighted by Gasteiger charge is -2.08. The molecule has 3 rings (SSSR count). The lowest BCUT2D eigenvalue weighted by Crippen LogP contribution is -2.24. The number of benzene rings is 1. The zero-order valence-corrected chi connectivity index (χ0v) is 13.3. The van der Waals surface area contributed by atoms with E-state index in [0.717, 1.165) is 5.56 Å². The van der Waals surface area contributed by atoms with Crippen molar-refractivity contribution in [3.05, 3.63) is 83.7 Å². The standard InChI is InChI=1S/C18H16FN5O/c19-15-6-2-1-5-14(15)12-22-17(25)16-7-9-21-18(24-16)23-11-13-4-3-8-20-10-13/h1-10H,11-12H2,(H,22,25)(H,21,23,24). The molecule has 25 heavy (non-hydrogen) atoms. The Morgan fingerprint density at radius 1 is 1.04 bits per heavy atom. The third kappa shape index (κ3) is 4.57. The topological polar surface area (TPSA) is 79.8 Å². The van der Waals surface area contributed by atoms with Crippen LogP contribution in [0.15, 0.2) is 61.1 Å². The monoisotopic (exact) mass is 337 g/mol. The highest BCUT2D eigenvalue weighted by Gasteiger charge is 2.10. The summed E-state index contributed by atoms with van der Waals surface area (Å²) in [5.74, 6) is -0.415. The molecule has 0 spiro atoms. The van der Waals surface area contributed by atoms with Crippen LogP contribution in [0.1, 0.15) is 21.6 Å². The van der Waals surface area contributed by atoms with Crippen molar-refractivity contribution in [3.8, 4) is 0 Å². The molecule has 6 nitrogen and oxygen atoms in total. The SMILES string of the molecule is O=C(NCc1ccccc1F)c1ccnc(NCc2cccnc2)n1. The summed E-state index contributed by atoms with van der Waals surface area (Å²) in [4.78, 5) is 24.5. The molecule has 0 radical (unpaired) electrons. The van der Waals surface area contributed by atoms with Gasteiger partial charge in [-0.25, -0.2) is 14.4 Å². The molecule has 1 aromatic carbocycles. The Labute approximate surface area is 144 Å². The molecule has 0 unspecified atom stereocenters. The van der Waals surface area contributed by atoms with Crippen molar-refractivity contribution in [2.75, 3.05) is 5.32 Å². The third-order valence-electron chi connectivity index (χ3n) is 3.46. The maximum atomic E-state index is 13.6. The first-order valence-electron chi connectivity index (χ1n) is 7.70. The van der Waals surface area contributed by atoms with E-state index in [1.54, 1.807) is 30.6 Å². The maximum Gasteiger partial charge on any atom is 0.270 e. The first kappa shape index (κ1) is 16.5. The zero-order valence-electron chi connectivity index (χ0n) is 13.3. The van der Waals surface area contributed by atoms with Gasteiger partial charge in [0.15, 0.2) is 0 Å². The molecule has 0 fully saturated rings. The van der Waals surface area contributed by atoms with E-state index in [-0.39, 0.29) is 18.1 Å². The van der Waals surface area contributed by atoms with Gasteiger partial charge in [0, 0.05) is 37.2 Å². The molecule has 126 valence electrons. The Bertz CT molecular complexity index is 857. The molecular formula is C18H16FN5O. The summed E-state index contributed by atoms with van der Waals surface area (Å²) in [7, 11) is 0. The van der Waals surface area contributed by atoms with Gasteiger partial charge in [-0.3, -0.25) is 9.78 Å². The average Bonchev–Trinajstić information content (AvgIpc) is 2.66. The highest BCUT2D eigenvalue weighted by Crippen LogP contribution is 2.07. The molecule has 0 aliphatic rings. The molecule has 7 heteroatoms. The van der Waals surface area contributed by atoms with E-state index in [2.05, 4.69) is 25.6 Å². The fourth-order valence-electron chi connectivity index (χ4n) is 2.16. The van der Waals surface area contributed by atoms with E-state index in [1.807, 2.05) is 12.1 Å². The highest BCUT2D eigenvalue weighted by atomic mass is 19.1. The maximum absolute atomic E-state index is 13.6. The smallest absolute Gasteiger partial charge is 0.270 e. The van der Waals surface area contributed by atoms with Gasteiger partial charge in [-0.15, -0.1) is 0 Å². The highest BCUT2D eigenvalue weighted by molar-refractivity contribution is 5.92. The second kappa shape index (κ2) is 7.96. The molecule has 1 amide bonds. The van der Waals surface area contributed by atoms with Crippen LogP contribution in [-0.2, 0) is 13.1 Å². The predicted molar refractivity (Wildman–Crippen MR) is 91.2 cm³/mol. The molecule has 2 heterocycles. The van der Waals surface area contributed by atoms with Gasteiger partial charge in [-0.05, 0) is 23.8 Å². The Morgan fingerprint density at radius 2 is 1.92 bits per heavy atom. The van der Waals surface area contributed by atoms with Crippen molar-refractivity contribution in [3.63, 3.8) is 0 Å². The number of anilines is 1. The van der Waals surface area contributed by atoms with Gasteiger partial charge >= 0.3 is 0 Å². The molecule has 0 aliphatic carbocycles. The minimum Gasteiger partial charge on any atom is -0.350 e.